The first-order chi connectivity index (χ1) is 12.4. The average molecular weight is 362 g/mol. The quantitative estimate of drug-likeness (QED) is 0.693. The minimum Gasteiger partial charge on any atom is -0.365 e. The normalized spacial score (nSPS) is 20.7. The third-order valence-corrected chi connectivity index (χ3v) is 4.92. The zero-order chi connectivity index (χ0) is 18.7. The fourth-order valence-electron chi connectivity index (χ4n) is 3.45. The van der Waals surface area contributed by atoms with Crippen LogP contribution < -0.4 is 4.90 Å². The molecule has 0 N–H and O–H groups in total. The van der Waals surface area contributed by atoms with E-state index in [-0.39, 0.29) is 12.0 Å². The van der Waals surface area contributed by atoms with Crippen LogP contribution >= 0.6 is 0 Å². The summed E-state index contributed by atoms with van der Waals surface area (Å²) in [5.74, 6) is 0.0377. The van der Waals surface area contributed by atoms with Gasteiger partial charge in [0.2, 0.25) is 0 Å². The van der Waals surface area contributed by atoms with Crippen LogP contribution in [0.1, 0.15) is 35.4 Å². The SMILES string of the molecule is N#Cc1ccc(N2CC(c3ccc(C(F)(F)F)cc3)CC[C@H]2CF)cc1. The van der Waals surface area contributed by atoms with Gasteiger partial charge in [0, 0.05) is 18.2 Å². The fraction of sp³-hybridized carbons (Fsp3) is 0.350. The molecule has 0 radical (unpaired) electrons. The van der Waals surface area contributed by atoms with Crippen molar-refractivity contribution in [3.63, 3.8) is 0 Å². The van der Waals surface area contributed by atoms with E-state index >= 15 is 0 Å². The van der Waals surface area contributed by atoms with E-state index < -0.39 is 18.4 Å². The van der Waals surface area contributed by atoms with Gasteiger partial charge >= 0.3 is 6.18 Å². The molecule has 1 heterocycles. The molecule has 0 saturated carbocycles. The maximum absolute atomic E-state index is 13.5. The maximum atomic E-state index is 13.5. The van der Waals surface area contributed by atoms with E-state index in [0.29, 0.717) is 18.5 Å². The Morgan fingerprint density at radius 2 is 1.65 bits per heavy atom. The van der Waals surface area contributed by atoms with Crippen LogP contribution in [0.5, 0.6) is 0 Å². The second-order valence-corrected chi connectivity index (χ2v) is 6.51. The second-order valence-electron chi connectivity index (χ2n) is 6.51. The van der Waals surface area contributed by atoms with E-state index in [1.807, 2.05) is 11.0 Å². The Hall–Kier alpha value is -2.55. The molecule has 1 aliphatic heterocycles. The van der Waals surface area contributed by atoms with Crippen molar-refractivity contribution in [3.05, 3.63) is 65.2 Å². The summed E-state index contributed by atoms with van der Waals surface area (Å²) in [7, 11) is 0. The Morgan fingerprint density at radius 1 is 1.00 bits per heavy atom. The van der Waals surface area contributed by atoms with Crippen LogP contribution in [0, 0.1) is 11.3 Å². The summed E-state index contributed by atoms with van der Waals surface area (Å²) in [5, 5.41) is 8.90. The van der Waals surface area contributed by atoms with Gasteiger partial charge < -0.3 is 4.90 Å². The zero-order valence-electron chi connectivity index (χ0n) is 14.0. The lowest BCUT2D eigenvalue weighted by molar-refractivity contribution is -0.137. The molecule has 0 aromatic heterocycles. The van der Waals surface area contributed by atoms with E-state index in [1.54, 1.807) is 24.3 Å². The van der Waals surface area contributed by atoms with Gasteiger partial charge in [0.25, 0.3) is 0 Å². The number of rotatable bonds is 3. The highest BCUT2D eigenvalue weighted by atomic mass is 19.4. The molecule has 2 aromatic rings. The molecule has 1 fully saturated rings. The Bertz CT molecular complexity index is 775. The predicted octanol–water partition coefficient (Wildman–Crippen LogP) is 5.30. The van der Waals surface area contributed by atoms with Crippen molar-refractivity contribution >= 4 is 5.69 Å². The minimum atomic E-state index is -4.35. The standard InChI is InChI=1S/C20H18F4N2/c21-11-19-10-5-16(15-3-6-17(7-4-15)20(22,23)24)13-26(19)18-8-1-14(12-25)2-9-18/h1-4,6-9,16,19H,5,10-11,13H2/t16?,19-/m0/s1. The number of nitriles is 1. The number of anilines is 1. The van der Waals surface area contributed by atoms with Crippen LogP contribution in [0.25, 0.3) is 0 Å². The van der Waals surface area contributed by atoms with Gasteiger partial charge in [-0.2, -0.15) is 18.4 Å². The molecule has 136 valence electrons. The molecule has 2 atom stereocenters. The summed E-state index contributed by atoms with van der Waals surface area (Å²) in [6.07, 6.45) is -2.99. The molecule has 6 heteroatoms. The van der Waals surface area contributed by atoms with Crippen LogP contribution in [0.4, 0.5) is 23.2 Å². The van der Waals surface area contributed by atoms with Gasteiger partial charge in [-0.1, -0.05) is 12.1 Å². The van der Waals surface area contributed by atoms with Gasteiger partial charge in [-0.05, 0) is 54.8 Å². The van der Waals surface area contributed by atoms with Crippen molar-refractivity contribution in [1.29, 1.82) is 5.26 Å². The molecule has 0 bridgehead atoms. The van der Waals surface area contributed by atoms with Gasteiger partial charge in [-0.3, -0.25) is 0 Å². The second kappa shape index (κ2) is 7.36. The summed E-state index contributed by atoms with van der Waals surface area (Å²) >= 11 is 0. The summed E-state index contributed by atoms with van der Waals surface area (Å²) in [5.41, 5.74) is 1.52. The van der Waals surface area contributed by atoms with Crippen molar-refractivity contribution in [3.8, 4) is 6.07 Å². The first-order valence-corrected chi connectivity index (χ1v) is 8.42. The maximum Gasteiger partial charge on any atom is 0.416 e. The van der Waals surface area contributed by atoms with Crippen molar-refractivity contribution in [2.45, 2.75) is 31.0 Å². The van der Waals surface area contributed by atoms with Crippen LogP contribution in [-0.4, -0.2) is 19.3 Å². The molecule has 26 heavy (non-hydrogen) atoms. The number of piperidine rings is 1. The van der Waals surface area contributed by atoms with Crippen LogP contribution in [0.15, 0.2) is 48.5 Å². The van der Waals surface area contributed by atoms with Crippen LogP contribution in [0.3, 0.4) is 0 Å². The highest BCUT2D eigenvalue weighted by Crippen LogP contribution is 2.35. The number of halogens is 4. The molecule has 0 spiro atoms. The van der Waals surface area contributed by atoms with Crippen LogP contribution in [0.2, 0.25) is 0 Å². The molecular weight excluding hydrogens is 344 g/mol. The molecular formula is C20H18F4N2. The molecule has 0 amide bonds. The number of alkyl halides is 4. The first kappa shape index (κ1) is 18.2. The lowest BCUT2D eigenvalue weighted by Gasteiger charge is -2.40. The number of hydrogen-bond donors (Lipinski definition) is 0. The number of hydrogen-bond acceptors (Lipinski definition) is 2. The average Bonchev–Trinajstić information content (AvgIpc) is 2.67. The third kappa shape index (κ3) is 3.82. The first-order valence-electron chi connectivity index (χ1n) is 8.42. The van der Waals surface area contributed by atoms with Crippen molar-refractivity contribution < 1.29 is 17.6 Å². The summed E-state index contributed by atoms with van der Waals surface area (Å²) in [6.45, 7) is 0.0472. The Kier molecular flexibility index (Phi) is 5.17. The molecule has 2 nitrogen and oxygen atoms in total. The van der Waals surface area contributed by atoms with E-state index in [4.69, 9.17) is 5.26 Å². The largest absolute Gasteiger partial charge is 0.416 e. The smallest absolute Gasteiger partial charge is 0.365 e. The minimum absolute atomic E-state index is 0.0377. The topological polar surface area (TPSA) is 27.0 Å². The number of benzene rings is 2. The van der Waals surface area contributed by atoms with Crippen LogP contribution in [-0.2, 0) is 6.18 Å². The van der Waals surface area contributed by atoms with E-state index in [2.05, 4.69) is 0 Å². The van der Waals surface area contributed by atoms with E-state index in [0.717, 1.165) is 29.8 Å². The van der Waals surface area contributed by atoms with Gasteiger partial charge in [-0.15, -0.1) is 0 Å². The molecule has 1 unspecified atom stereocenters. The Labute approximate surface area is 149 Å². The van der Waals surface area contributed by atoms with E-state index in [9.17, 15) is 17.6 Å². The summed E-state index contributed by atoms with van der Waals surface area (Å²) in [6, 6.07) is 14.0. The predicted molar refractivity (Wildman–Crippen MR) is 91.7 cm³/mol. The van der Waals surface area contributed by atoms with Gasteiger partial charge in [0.1, 0.15) is 6.67 Å². The molecule has 0 aliphatic carbocycles. The van der Waals surface area contributed by atoms with Crippen molar-refractivity contribution in [2.75, 3.05) is 18.1 Å². The highest BCUT2D eigenvalue weighted by Gasteiger charge is 2.32. The molecule has 2 aromatic carbocycles. The zero-order valence-corrected chi connectivity index (χ0v) is 14.0. The van der Waals surface area contributed by atoms with E-state index in [1.165, 1.54) is 12.1 Å². The molecule has 1 aliphatic rings. The fourth-order valence-corrected chi connectivity index (χ4v) is 3.45. The van der Waals surface area contributed by atoms with Gasteiger partial charge in [0.05, 0.1) is 23.2 Å². The lowest BCUT2D eigenvalue weighted by atomic mass is 9.86. The summed E-state index contributed by atoms with van der Waals surface area (Å²) < 4.78 is 51.6. The van der Waals surface area contributed by atoms with Crippen molar-refractivity contribution in [2.24, 2.45) is 0 Å². The third-order valence-electron chi connectivity index (χ3n) is 4.92. The monoisotopic (exact) mass is 362 g/mol. The highest BCUT2D eigenvalue weighted by molar-refractivity contribution is 5.51. The Balaban J connectivity index is 1.81. The van der Waals surface area contributed by atoms with Gasteiger partial charge in [0.15, 0.2) is 0 Å². The lowest BCUT2D eigenvalue weighted by Crippen LogP contribution is -2.44. The Morgan fingerprint density at radius 3 is 2.19 bits per heavy atom. The van der Waals surface area contributed by atoms with Crippen molar-refractivity contribution in [1.82, 2.24) is 0 Å². The molecule has 3 rings (SSSR count). The number of nitrogens with zero attached hydrogens (tertiary/aromatic N) is 2. The molecule has 1 saturated heterocycles. The van der Waals surface area contributed by atoms with Gasteiger partial charge in [-0.25, -0.2) is 4.39 Å². The summed E-state index contributed by atoms with van der Waals surface area (Å²) in [4.78, 5) is 1.95.